The number of ether oxygens (including phenoxy) is 3. The number of carbonyl (C=O) groups excluding carboxylic acids is 1. The number of nitrogens with one attached hydrogen (secondary N) is 1. The summed E-state index contributed by atoms with van der Waals surface area (Å²) in [7, 11) is 3.05. The molecule has 0 radical (unpaired) electrons. The average Bonchev–Trinajstić information content (AvgIpc) is 2.66. The van der Waals surface area contributed by atoms with Gasteiger partial charge < -0.3 is 19.5 Å². The van der Waals surface area contributed by atoms with Gasteiger partial charge in [0.15, 0.2) is 11.6 Å². The minimum Gasteiger partial charge on any atom is -0.494 e. The summed E-state index contributed by atoms with van der Waals surface area (Å²) >= 11 is 0. The van der Waals surface area contributed by atoms with Crippen LogP contribution < -0.4 is 10.1 Å². The first kappa shape index (κ1) is 19.1. The van der Waals surface area contributed by atoms with Crippen LogP contribution in [0.5, 0.6) is 5.75 Å². The lowest BCUT2D eigenvalue weighted by atomic mass is 9.76. The summed E-state index contributed by atoms with van der Waals surface area (Å²) in [6.45, 7) is 0.418. The Bertz CT molecular complexity index is 624. The number of benzene rings is 1. The molecule has 1 saturated heterocycles. The molecule has 1 heterocycles. The van der Waals surface area contributed by atoms with Crippen LogP contribution in [0.3, 0.4) is 0 Å². The highest BCUT2D eigenvalue weighted by Gasteiger charge is 2.41. The molecule has 1 aliphatic carbocycles. The summed E-state index contributed by atoms with van der Waals surface area (Å²) in [5.41, 5.74) is 0.892. The predicted octanol–water partition coefficient (Wildman–Crippen LogP) is 3.38. The molecule has 1 aliphatic heterocycles. The number of amides is 1. The van der Waals surface area contributed by atoms with E-state index in [0.29, 0.717) is 25.4 Å². The van der Waals surface area contributed by atoms with Crippen LogP contribution in [-0.4, -0.2) is 38.9 Å². The van der Waals surface area contributed by atoms with E-state index in [1.807, 2.05) is 0 Å². The molecule has 1 amide bonds. The Labute approximate surface area is 154 Å². The highest BCUT2D eigenvalue weighted by Crippen LogP contribution is 2.42. The molecular formula is C20H28FNO4. The number of hydrogen-bond acceptors (Lipinski definition) is 4. The summed E-state index contributed by atoms with van der Waals surface area (Å²) in [5.74, 6) is 0.192. The fourth-order valence-corrected chi connectivity index (χ4v) is 4.16. The summed E-state index contributed by atoms with van der Waals surface area (Å²) in [5, 5.41) is 3.19. The van der Waals surface area contributed by atoms with E-state index in [9.17, 15) is 9.18 Å². The number of rotatable bonds is 6. The van der Waals surface area contributed by atoms with E-state index in [2.05, 4.69) is 5.32 Å². The smallest absolute Gasteiger partial charge is 0.222 e. The maximum absolute atomic E-state index is 13.7. The minimum absolute atomic E-state index is 0.0125. The topological polar surface area (TPSA) is 56.8 Å². The Morgan fingerprint density at radius 3 is 2.88 bits per heavy atom. The standard InChI is InChI=1S/C20H28FNO4/c1-24-10-9-20(23)22-16-12-18(26-17-6-4-3-5-14(16)17)13-7-8-15(21)19(11-13)25-2/h7-8,11,14,16-18H,3-6,9-10,12H2,1-2H3,(H,22,23)/t14-,16+,17+,18+/m0/s1. The van der Waals surface area contributed by atoms with Crippen LogP contribution in [0.15, 0.2) is 18.2 Å². The van der Waals surface area contributed by atoms with Crippen LogP contribution in [-0.2, 0) is 14.3 Å². The lowest BCUT2D eigenvalue weighted by Gasteiger charge is -2.45. The maximum Gasteiger partial charge on any atom is 0.222 e. The van der Waals surface area contributed by atoms with Gasteiger partial charge in [0.1, 0.15) is 0 Å². The Hall–Kier alpha value is -1.66. The van der Waals surface area contributed by atoms with E-state index in [-0.39, 0.29) is 35.7 Å². The number of carbonyl (C=O) groups is 1. The fourth-order valence-electron chi connectivity index (χ4n) is 4.16. The molecule has 26 heavy (non-hydrogen) atoms. The minimum atomic E-state index is -0.382. The van der Waals surface area contributed by atoms with E-state index < -0.39 is 0 Å². The van der Waals surface area contributed by atoms with Crippen molar-refractivity contribution in [1.82, 2.24) is 5.32 Å². The molecule has 1 saturated carbocycles. The second-order valence-electron chi connectivity index (χ2n) is 7.16. The number of hydrogen-bond donors (Lipinski definition) is 1. The third kappa shape index (κ3) is 4.35. The Kier molecular flexibility index (Phi) is 6.48. The van der Waals surface area contributed by atoms with Gasteiger partial charge in [-0.05, 0) is 37.0 Å². The van der Waals surface area contributed by atoms with Crippen molar-refractivity contribution in [3.63, 3.8) is 0 Å². The largest absolute Gasteiger partial charge is 0.494 e. The van der Waals surface area contributed by atoms with Crippen molar-refractivity contribution in [2.45, 2.75) is 56.8 Å². The quantitative estimate of drug-likeness (QED) is 0.840. The molecule has 0 bridgehead atoms. The first-order valence-corrected chi connectivity index (χ1v) is 9.39. The van der Waals surface area contributed by atoms with Gasteiger partial charge in [-0.15, -0.1) is 0 Å². The molecule has 1 aromatic rings. The van der Waals surface area contributed by atoms with E-state index in [1.165, 1.54) is 19.6 Å². The van der Waals surface area contributed by atoms with Crippen molar-refractivity contribution < 1.29 is 23.4 Å². The molecule has 2 fully saturated rings. The molecule has 0 aromatic heterocycles. The summed E-state index contributed by atoms with van der Waals surface area (Å²) in [6.07, 6.45) is 5.40. The van der Waals surface area contributed by atoms with Gasteiger partial charge in [0.2, 0.25) is 5.91 Å². The lowest BCUT2D eigenvalue weighted by molar-refractivity contribution is -0.133. The molecule has 144 valence electrons. The van der Waals surface area contributed by atoms with Crippen molar-refractivity contribution in [3.05, 3.63) is 29.6 Å². The Morgan fingerprint density at radius 2 is 2.12 bits per heavy atom. The van der Waals surface area contributed by atoms with Crippen molar-refractivity contribution in [3.8, 4) is 5.75 Å². The van der Waals surface area contributed by atoms with E-state index in [1.54, 1.807) is 19.2 Å². The van der Waals surface area contributed by atoms with Crippen molar-refractivity contribution >= 4 is 5.91 Å². The van der Waals surface area contributed by atoms with Crippen molar-refractivity contribution in [2.75, 3.05) is 20.8 Å². The summed E-state index contributed by atoms with van der Waals surface area (Å²) < 4.78 is 30.2. The maximum atomic E-state index is 13.7. The highest BCUT2D eigenvalue weighted by molar-refractivity contribution is 5.76. The SMILES string of the molecule is COCCC(=O)N[C@@H]1C[C@H](c2ccc(F)c(OC)c2)O[C@@H]2CCCC[C@@H]12. The second kappa shape index (κ2) is 8.82. The van der Waals surface area contributed by atoms with Gasteiger partial charge in [-0.3, -0.25) is 4.79 Å². The van der Waals surface area contributed by atoms with Crippen LogP contribution in [0.2, 0.25) is 0 Å². The number of fused-ring (bicyclic) bond motifs is 1. The van der Waals surface area contributed by atoms with Crippen LogP contribution in [0, 0.1) is 11.7 Å². The second-order valence-corrected chi connectivity index (χ2v) is 7.16. The summed E-state index contributed by atoms with van der Waals surface area (Å²) in [4.78, 5) is 12.2. The van der Waals surface area contributed by atoms with E-state index >= 15 is 0 Å². The zero-order chi connectivity index (χ0) is 18.5. The van der Waals surface area contributed by atoms with Crippen LogP contribution in [0.1, 0.15) is 50.2 Å². The molecule has 1 aromatic carbocycles. The molecule has 6 heteroatoms. The third-order valence-corrected chi connectivity index (χ3v) is 5.50. The Balaban J connectivity index is 1.76. The zero-order valence-corrected chi connectivity index (χ0v) is 15.5. The van der Waals surface area contributed by atoms with Crippen molar-refractivity contribution in [1.29, 1.82) is 0 Å². The fraction of sp³-hybridized carbons (Fsp3) is 0.650. The molecule has 1 N–H and O–H groups in total. The van der Waals surface area contributed by atoms with Gasteiger partial charge in [0.05, 0.1) is 25.9 Å². The van der Waals surface area contributed by atoms with Gasteiger partial charge in [-0.1, -0.05) is 18.9 Å². The van der Waals surface area contributed by atoms with Crippen molar-refractivity contribution in [2.24, 2.45) is 5.92 Å². The van der Waals surface area contributed by atoms with Crippen LogP contribution in [0.25, 0.3) is 0 Å². The number of methoxy groups -OCH3 is 2. The van der Waals surface area contributed by atoms with Gasteiger partial charge in [-0.2, -0.15) is 0 Å². The molecule has 3 rings (SSSR count). The van der Waals surface area contributed by atoms with Gasteiger partial charge in [-0.25, -0.2) is 4.39 Å². The average molecular weight is 365 g/mol. The lowest BCUT2D eigenvalue weighted by Crippen LogP contribution is -2.51. The van der Waals surface area contributed by atoms with E-state index in [4.69, 9.17) is 14.2 Å². The third-order valence-electron chi connectivity index (χ3n) is 5.50. The zero-order valence-electron chi connectivity index (χ0n) is 15.5. The Morgan fingerprint density at radius 1 is 1.31 bits per heavy atom. The van der Waals surface area contributed by atoms with Crippen LogP contribution in [0.4, 0.5) is 4.39 Å². The van der Waals surface area contributed by atoms with Gasteiger partial charge >= 0.3 is 0 Å². The summed E-state index contributed by atoms with van der Waals surface area (Å²) in [6, 6.07) is 4.93. The molecule has 2 aliphatic rings. The number of halogens is 1. The first-order chi connectivity index (χ1) is 12.6. The van der Waals surface area contributed by atoms with E-state index in [0.717, 1.165) is 24.8 Å². The normalized spacial score (nSPS) is 28.3. The highest BCUT2D eigenvalue weighted by atomic mass is 19.1. The molecule has 0 spiro atoms. The predicted molar refractivity (Wildman–Crippen MR) is 95.6 cm³/mol. The van der Waals surface area contributed by atoms with Gasteiger partial charge in [0, 0.05) is 25.5 Å². The molecular weight excluding hydrogens is 337 g/mol. The van der Waals surface area contributed by atoms with Crippen LogP contribution >= 0.6 is 0 Å². The molecule has 4 atom stereocenters. The molecule has 0 unspecified atom stereocenters. The molecule has 5 nitrogen and oxygen atoms in total. The van der Waals surface area contributed by atoms with Gasteiger partial charge in [0.25, 0.3) is 0 Å². The monoisotopic (exact) mass is 365 g/mol. The first-order valence-electron chi connectivity index (χ1n) is 9.39.